The van der Waals surface area contributed by atoms with E-state index < -0.39 is 0 Å². The van der Waals surface area contributed by atoms with Crippen LogP contribution in [0.1, 0.15) is 24.0 Å². The van der Waals surface area contributed by atoms with Crippen molar-refractivity contribution in [2.24, 2.45) is 7.05 Å². The van der Waals surface area contributed by atoms with Crippen LogP contribution in [0, 0.1) is 12.7 Å². The summed E-state index contributed by atoms with van der Waals surface area (Å²) >= 11 is 0. The molecule has 1 aliphatic heterocycles. The highest BCUT2D eigenvalue weighted by atomic mass is 19.1. The van der Waals surface area contributed by atoms with Crippen molar-refractivity contribution in [1.82, 2.24) is 14.9 Å². The lowest BCUT2D eigenvalue weighted by atomic mass is 10.0. The molecule has 2 aromatic rings. The Labute approximate surface area is 141 Å². The molecule has 24 heavy (non-hydrogen) atoms. The topological polar surface area (TPSA) is 50.2 Å². The zero-order chi connectivity index (χ0) is 17.1. The van der Waals surface area contributed by atoms with E-state index in [0.717, 1.165) is 31.5 Å². The molecule has 128 valence electrons. The molecule has 1 aliphatic rings. The number of aryl methyl sites for hydroxylation is 2. The first-order valence-electron chi connectivity index (χ1n) is 8.29. The third-order valence-corrected chi connectivity index (χ3v) is 4.58. The van der Waals surface area contributed by atoms with Gasteiger partial charge in [0.2, 0.25) is 0 Å². The first-order valence-corrected chi connectivity index (χ1v) is 8.29. The van der Waals surface area contributed by atoms with Crippen molar-refractivity contribution in [2.45, 2.75) is 32.4 Å². The highest BCUT2D eigenvalue weighted by Gasteiger charge is 2.22. The highest BCUT2D eigenvalue weighted by molar-refractivity contribution is 5.36. The standard InChI is InChI=1S/C18H23FN4O/c1-13-3-4-16(19)14(11-13)12-21-15-5-8-23(9-6-15)17-18(24)22(2)10-7-20-17/h3-4,7,10-11,15,21H,5-6,8-9,12H2,1-2H3. The summed E-state index contributed by atoms with van der Waals surface area (Å²) in [5, 5.41) is 3.43. The van der Waals surface area contributed by atoms with Crippen LogP contribution >= 0.6 is 0 Å². The van der Waals surface area contributed by atoms with E-state index in [9.17, 15) is 9.18 Å². The van der Waals surface area contributed by atoms with E-state index in [4.69, 9.17) is 0 Å². The van der Waals surface area contributed by atoms with Gasteiger partial charge in [0, 0.05) is 50.7 Å². The second-order valence-electron chi connectivity index (χ2n) is 6.40. The Hall–Kier alpha value is -2.21. The molecule has 0 spiro atoms. The second-order valence-corrected chi connectivity index (χ2v) is 6.40. The molecule has 1 saturated heterocycles. The smallest absolute Gasteiger partial charge is 0.293 e. The van der Waals surface area contributed by atoms with Gasteiger partial charge in [0.1, 0.15) is 5.82 Å². The maximum absolute atomic E-state index is 13.8. The van der Waals surface area contributed by atoms with E-state index in [1.54, 1.807) is 30.1 Å². The molecular formula is C18H23FN4O. The Bertz CT molecular complexity index is 766. The Morgan fingerprint density at radius 3 is 2.83 bits per heavy atom. The minimum atomic E-state index is -0.164. The molecule has 0 radical (unpaired) electrons. The average molecular weight is 330 g/mol. The van der Waals surface area contributed by atoms with Crippen LogP contribution in [0.3, 0.4) is 0 Å². The molecule has 0 saturated carbocycles. The van der Waals surface area contributed by atoms with Crippen molar-refractivity contribution >= 4 is 5.82 Å². The number of benzene rings is 1. The molecule has 5 nitrogen and oxygen atoms in total. The van der Waals surface area contributed by atoms with Gasteiger partial charge < -0.3 is 14.8 Å². The number of piperidine rings is 1. The van der Waals surface area contributed by atoms with E-state index in [0.29, 0.717) is 24.0 Å². The van der Waals surface area contributed by atoms with Gasteiger partial charge in [-0.1, -0.05) is 17.7 Å². The summed E-state index contributed by atoms with van der Waals surface area (Å²) in [5.41, 5.74) is 1.70. The predicted octanol–water partition coefficient (Wildman–Crippen LogP) is 1.99. The van der Waals surface area contributed by atoms with Gasteiger partial charge in [-0.15, -0.1) is 0 Å². The Balaban J connectivity index is 1.56. The van der Waals surface area contributed by atoms with E-state index in [2.05, 4.69) is 10.3 Å². The van der Waals surface area contributed by atoms with Crippen LogP contribution in [0.25, 0.3) is 0 Å². The SMILES string of the molecule is Cc1ccc(F)c(CNC2CCN(c3nccn(C)c3=O)CC2)c1. The normalized spacial score (nSPS) is 15.7. The maximum atomic E-state index is 13.8. The minimum Gasteiger partial charge on any atom is -0.352 e. The van der Waals surface area contributed by atoms with E-state index in [1.165, 1.54) is 6.07 Å². The molecule has 6 heteroatoms. The Kier molecular flexibility index (Phi) is 4.94. The molecule has 0 aliphatic carbocycles. The molecule has 1 N–H and O–H groups in total. The summed E-state index contributed by atoms with van der Waals surface area (Å²) in [4.78, 5) is 18.4. The van der Waals surface area contributed by atoms with Crippen molar-refractivity contribution in [2.75, 3.05) is 18.0 Å². The van der Waals surface area contributed by atoms with Gasteiger partial charge in [-0.05, 0) is 25.8 Å². The van der Waals surface area contributed by atoms with Crippen LogP contribution < -0.4 is 15.8 Å². The van der Waals surface area contributed by atoms with Gasteiger partial charge in [0.15, 0.2) is 5.82 Å². The molecule has 1 fully saturated rings. The summed E-state index contributed by atoms with van der Waals surface area (Å²) in [6.45, 7) is 4.05. The van der Waals surface area contributed by atoms with Crippen molar-refractivity contribution in [3.05, 3.63) is 57.9 Å². The molecular weight excluding hydrogens is 307 g/mol. The number of rotatable bonds is 4. The number of halogens is 1. The van der Waals surface area contributed by atoms with E-state index in [1.807, 2.05) is 17.9 Å². The van der Waals surface area contributed by atoms with Crippen LogP contribution in [0.5, 0.6) is 0 Å². The fourth-order valence-electron chi connectivity index (χ4n) is 3.09. The van der Waals surface area contributed by atoms with Gasteiger partial charge in [-0.2, -0.15) is 0 Å². The highest BCUT2D eigenvalue weighted by Crippen LogP contribution is 2.16. The number of nitrogens with one attached hydrogen (secondary N) is 1. The number of nitrogens with zero attached hydrogens (tertiary/aromatic N) is 3. The summed E-state index contributed by atoms with van der Waals surface area (Å²) in [6.07, 6.45) is 5.14. The molecule has 3 rings (SSSR count). The predicted molar refractivity (Wildman–Crippen MR) is 92.7 cm³/mol. The lowest BCUT2D eigenvalue weighted by molar-refractivity contribution is 0.408. The summed E-state index contributed by atoms with van der Waals surface area (Å²) in [5.74, 6) is 0.352. The lowest BCUT2D eigenvalue weighted by Gasteiger charge is -2.33. The van der Waals surface area contributed by atoms with Gasteiger partial charge in [-0.25, -0.2) is 9.37 Å². The van der Waals surface area contributed by atoms with Crippen LogP contribution in [-0.4, -0.2) is 28.7 Å². The van der Waals surface area contributed by atoms with Crippen LogP contribution in [0.4, 0.5) is 10.2 Å². The molecule has 1 aromatic heterocycles. The number of aromatic nitrogens is 2. The molecule has 0 unspecified atom stereocenters. The third kappa shape index (κ3) is 3.64. The van der Waals surface area contributed by atoms with Crippen molar-refractivity contribution in [1.29, 1.82) is 0 Å². The fourth-order valence-corrected chi connectivity index (χ4v) is 3.09. The zero-order valence-electron chi connectivity index (χ0n) is 14.1. The molecule has 2 heterocycles. The van der Waals surface area contributed by atoms with Gasteiger partial charge >= 0.3 is 0 Å². The molecule has 0 bridgehead atoms. The third-order valence-electron chi connectivity index (χ3n) is 4.58. The average Bonchev–Trinajstić information content (AvgIpc) is 2.59. The summed E-state index contributed by atoms with van der Waals surface area (Å²) in [6, 6.07) is 5.51. The van der Waals surface area contributed by atoms with Crippen molar-refractivity contribution < 1.29 is 4.39 Å². The molecule has 0 amide bonds. The largest absolute Gasteiger partial charge is 0.352 e. The van der Waals surface area contributed by atoms with Crippen molar-refractivity contribution in [3.63, 3.8) is 0 Å². The number of hydrogen-bond donors (Lipinski definition) is 1. The van der Waals surface area contributed by atoms with Crippen LogP contribution in [0.15, 0.2) is 35.4 Å². The van der Waals surface area contributed by atoms with Crippen LogP contribution in [-0.2, 0) is 13.6 Å². The minimum absolute atomic E-state index is 0.0641. The number of hydrogen-bond acceptors (Lipinski definition) is 4. The first-order chi connectivity index (χ1) is 11.5. The molecule has 1 aromatic carbocycles. The second kappa shape index (κ2) is 7.13. The van der Waals surface area contributed by atoms with E-state index in [-0.39, 0.29) is 11.4 Å². The summed E-state index contributed by atoms with van der Waals surface area (Å²) in [7, 11) is 1.73. The van der Waals surface area contributed by atoms with Crippen molar-refractivity contribution in [3.8, 4) is 0 Å². The van der Waals surface area contributed by atoms with Gasteiger partial charge in [0.25, 0.3) is 5.56 Å². The first kappa shape index (κ1) is 16.6. The number of anilines is 1. The molecule has 0 atom stereocenters. The zero-order valence-corrected chi connectivity index (χ0v) is 14.1. The summed E-state index contributed by atoms with van der Waals surface area (Å²) < 4.78 is 15.3. The Morgan fingerprint density at radius 1 is 1.33 bits per heavy atom. The van der Waals surface area contributed by atoms with E-state index >= 15 is 0 Å². The monoisotopic (exact) mass is 330 g/mol. The van der Waals surface area contributed by atoms with Gasteiger partial charge in [-0.3, -0.25) is 4.79 Å². The quantitative estimate of drug-likeness (QED) is 0.931. The van der Waals surface area contributed by atoms with Gasteiger partial charge in [0.05, 0.1) is 0 Å². The lowest BCUT2D eigenvalue weighted by Crippen LogP contribution is -2.44. The van der Waals surface area contributed by atoms with Crippen LogP contribution in [0.2, 0.25) is 0 Å². The fraction of sp³-hybridized carbons (Fsp3) is 0.444. The maximum Gasteiger partial charge on any atom is 0.293 e. The Morgan fingerprint density at radius 2 is 2.08 bits per heavy atom.